The van der Waals surface area contributed by atoms with Gasteiger partial charge in [0.15, 0.2) is 0 Å². The first-order chi connectivity index (χ1) is 14.0. The van der Waals surface area contributed by atoms with E-state index in [0.29, 0.717) is 48.5 Å². The molecule has 0 saturated carbocycles. The average molecular weight is 407 g/mol. The zero-order valence-corrected chi connectivity index (χ0v) is 16.7. The van der Waals surface area contributed by atoms with E-state index in [2.05, 4.69) is 11.1 Å². The number of piperazine rings is 1. The average Bonchev–Trinajstić information content (AvgIpc) is 3.18. The summed E-state index contributed by atoms with van der Waals surface area (Å²) in [5.74, 6) is 0.831. The monoisotopic (exact) mass is 406 g/mol. The van der Waals surface area contributed by atoms with Gasteiger partial charge in [-0.25, -0.2) is 0 Å². The number of aromatic nitrogens is 1. The summed E-state index contributed by atoms with van der Waals surface area (Å²) in [5, 5.41) is 10.0. The molecule has 1 fully saturated rings. The molecule has 2 heterocycles. The highest BCUT2D eigenvalue weighted by atomic mass is 35.5. The molecular weight excluding hydrogens is 388 g/mol. The van der Waals surface area contributed by atoms with Gasteiger partial charge in [0, 0.05) is 42.3 Å². The molecule has 0 atom stereocenters. The Kier molecular flexibility index (Phi) is 5.24. The van der Waals surface area contributed by atoms with E-state index < -0.39 is 0 Å². The predicted octanol–water partition coefficient (Wildman–Crippen LogP) is 4.14. The van der Waals surface area contributed by atoms with E-state index in [9.17, 15) is 10.1 Å². The Morgan fingerprint density at radius 2 is 1.86 bits per heavy atom. The zero-order chi connectivity index (χ0) is 20.4. The van der Waals surface area contributed by atoms with Crippen molar-refractivity contribution in [3.05, 3.63) is 70.4 Å². The van der Waals surface area contributed by atoms with Gasteiger partial charge in [0.2, 0.25) is 17.5 Å². The van der Waals surface area contributed by atoms with Crippen LogP contribution in [0.2, 0.25) is 5.02 Å². The van der Waals surface area contributed by atoms with Crippen LogP contribution in [-0.4, -0.2) is 42.0 Å². The van der Waals surface area contributed by atoms with Crippen LogP contribution < -0.4 is 4.90 Å². The first-order valence-corrected chi connectivity index (χ1v) is 9.70. The Balaban J connectivity index is 1.49. The van der Waals surface area contributed by atoms with Gasteiger partial charge >= 0.3 is 0 Å². The lowest BCUT2D eigenvalue weighted by Crippen LogP contribution is -2.48. The quantitative estimate of drug-likeness (QED) is 0.653. The van der Waals surface area contributed by atoms with Crippen molar-refractivity contribution in [1.82, 2.24) is 9.88 Å². The van der Waals surface area contributed by atoms with Crippen molar-refractivity contribution in [2.45, 2.75) is 6.92 Å². The summed E-state index contributed by atoms with van der Waals surface area (Å²) in [6.07, 6.45) is 0. The number of carbonyl (C=O) groups excluding carboxylic acids is 1. The summed E-state index contributed by atoms with van der Waals surface area (Å²) in [5.41, 5.74) is 2.80. The van der Waals surface area contributed by atoms with Crippen LogP contribution in [0.4, 0.5) is 5.88 Å². The Morgan fingerprint density at radius 1 is 1.14 bits per heavy atom. The minimum atomic E-state index is -0.0504. The third-order valence-corrected chi connectivity index (χ3v) is 5.17. The van der Waals surface area contributed by atoms with Gasteiger partial charge in [-0.1, -0.05) is 35.4 Å². The number of anilines is 1. The van der Waals surface area contributed by atoms with Crippen molar-refractivity contribution in [3.63, 3.8) is 0 Å². The van der Waals surface area contributed by atoms with Crippen LogP contribution in [0.3, 0.4) is 0 Å². The topological polar surface area (TPSA) is 73.4 Å². The van der Waals surface area contributed by atoms with Gasteiger partial charge in [-0.15, -0.1) is 0 Å². The molecule has 4 rings (SSSR count). The number of halogens is 1. The number of hydrogen-bond donors (Lipinski definition) is 0. The molecule has 0 spiro atoms. The highest BCUT2D eigenvalue weighted by Crippen LogP contribution is 2.29. The summed E-state index contributed by atoms with van der Waals surface area (Å²) in [4.78, 5) is 20.8. The van der Waals surface area contributed by atoms with Gasteiger partial charge < -0.3 is 14.2 Å². The van der Waals surface area contributed by atoms with Gasteiger partial charge in [-0.05, 0) is 37.3 Å². The summed E-state index contributed by atoms with van der Waals surface area (Å²) in [7, 11) is 0. The second-order valence-corrected chi connectivity index (χ2v) is 7.38. The van der Waals surface area contributed by atoms with Crippen LogP contribution in [0.5, 0.6) is 0 Å². The van der Waals surface area contributed by atoms with Crippen molar-refractivity contribution >= 4 is 23.4 Å². The number of oxazole rings is 1. The third-order valence-electron chi connectivity index (χ3n) is 4.94. The smallest absolute Gasteiger partial charge is 0.254 e. The van der Waals surface area contributed by atoms with Crippen LogP contribution in [0, 0.1) is 18.3 Å². The van der Waals surface area contributed by atoms with Crippen molar-refractivity contribution < 1.29 is 9.21 Å². The van der Waals surface area contributed by atoms with E-state index >= 15 is 0 Å². The lowest BCUT2D eigenvalue weighted by Gasteiger charge is -2.34. The SMILES string of the molecule is Cc1ccc(-c2nc(C#N)c(N3CCN(C(=O)c4cccc(Cl)c4)CC3)o2)cc1. The molecule has 1 aliphatic rings. The van der Waals surface area contributed by atoms with Gasteiger partial charge in [0.1, 0.15) is 6.07 Å². The normalized spacial score (nSPS) is 14.0. The van der Waals surface area contributed by atoms with Gasteiger partial charge in [0.25, 0.3) is 5.91 Å². The maximum atomic E-state index is 12.7. The van der Waals surface area contributed by atoms with E-state index in [-0.39, 0.29) is 11.6 Å². The molecule has 7 heteroatoms. The second-order valence-electron chi connectivity index (χ2n) is 6.94. The van der Waals surface area contributed by atoms with Crippen molar-refractivity contribution in [3.8, 4) is 17.5 Å². The molecule has 6 nitrogen and oxygen atoms in total. The molecule has 2 aromatic carbocycles. The van der Waals surface area contributed by atoms with Crippen molar-refractivity contribution in [2.24, 2.45) is 0 Å². The van der Waals surface area contributed by atoms with E-state index in [1.807, 2.05) is 36.1 Å². The van der Waals surface area contributed by atoms with Crippen LogP contribution in [0.1, 0.15) is 21.6 Å². The second kappa shape index (κ2) is 7.98. The summed E-state index contributed by atoms with van der Waals surface area (Å²) >= 11 is 6.00. The molecule has 1 amide bonds. The van der Waals surface area contributed by atoms with E-state index in [4.69, 9.17) is 16.0 Å². The Morgan fingerprint density at radius 3 is 2.52 bits per heavy atom. The molecule has 1 aliphatic heterocycles. The van der Waals surface area contributed by atoms with Crippen LogP contribution >= 0.6 is 11.6 Å². The van der Waals surface area contributed by atoms with E-state index in [1.54, 1.807) is 29.2 Å². The highest BCUT2D eigenvalue weighted by molar-refractivity contribution is 6.30. The third kappa shape index (κ3) is 3.96. The fraction of sp³-hybridized carbons (Fsp3) is 0.227. The number of nitriles is 1. The standard InChI is InChI=1S/C22H19ClN4O2/c1-15-5-7-16(8-6-15)20-25-19(14-24)22(29-20)27-11-9-26(10-12-27)21(28)17-3-2-4-18(23)13-17/h2-8,13H,9-12H2,1H3. The van der Waals surface area contributed by atoms with Gasteiger partial charge in [-0.2, -0.15) is 10.2 Å². The van der Waals surface area contributed by atoms with Crippen molar-refractivity contribution in [1.29, 1.82) is 5.26 Å². The molecule has 0 unspecified atom stereocenters. The number of nitrogens with zero attached hydrogens (tertiary/aromatic N) is 4. The molecular formula is C22H19ClN4O2. The molecule has 0 bridgehead atoms. The largest absolute Gasteiger partial charge is 0.419 e. The molecule has 0 radical (unpaired) electrons. The molecule has 0 N–H and O–H groups in total. The molecule has 29 heavy (non-hydrogen) atoms. The van der Waals surface area contributed by atoms with Crippen LogP contribution in [0.25, 0.3) is 11.5 Å². The highest BCUT2D eigenvalue weighted by Gasteiger charge is 2.27. The first-order valence-electron chi connectivity index (χ1n) is 9.33. The molecule has 0 aliphatic carbocycles. The summed E-state index contributed by atoms with van der Waals surface area (Å²) in [6, 6.07) is 16.9. The van der Waals surface area contributed by atoms with E-state index in [1.165, 1.54) is 0 Å². The molecule has 146 valence electrons. The van der Waals surface area contributed by atoms with Gasteiger partial charge in [0.05, 0.1) is 0 Å². The Labute approximate surface area is 173 Å². The molecule has 3 aromatic rings. The minimum absolute atomic E-state index is 0.0504. The summed E-state index contributed by atoms with van der Waals surface area (Å²) in [6.45, 7) is 4.18. The van der Waals surface area contributed by atoms with Crippen LogP contribution in [-0.2, 0) is 0 Å². The Bertz CT molecular complexity index is 1080. The Hall–Kier alpha value is -3.30. The summed E-state index contributed by atoms with van der Waals surface area (Å²) < 4.78 is 5.94. The fourth-order valence-corrected chi connectivity index (χ4v) is 3.53. The van der Waals surface area contributed by atoms with Crippen molar-refractivity contribution in [2.75, 3.05) is 31.1 Å². The number of carbonyl (C=O) groups is 1. The number of hydrogen-bond acceptors (Lipinski definition) is 5. The molecule has 1 saturated heterocycles. The lowest BCUT2D eigenvalue weighted by molar-refractivity contribution is 0.0745. The maximum Gasteiger partial charge on any atom is 0.254 e. The fourth-order valence-electron chi connectivity index (χ4n) is 3.34. The van der Waals surface area contributed by atoms with Gasteiger partial charge in [-0.3, -0.25) is 4.79 Å². The lowest BCUT2D eigenvalue weighted by atomic mass is 10.1. The molecule has 1 aromatic heterocycles. The van der Waals surface area contributed by atoms with E-state index in [0.717, 1.165) is 11.1 Å². The predicted molar refractivity (Wildman–Crippen MR) is 111 cm³/mol. The maximum absolute atomic E-state index is 12.7. The first kappa shape index (κ1) is 19.0. The number of rotatable bonds is 3. The number of amides is 1. The zero-order valence-electron chi connectivity index (χ0n) is 15.9. The minimum Gasteiger partial charge on any atom is -0.419 e. The number of benzene rings is 2. The van der Waals surface area contributed by atoms with Crippen LogP contribution in [0.15, 0.2) is 52.9 Å². The number of aryl methyl sites for hydroxylation is 1.